The zero-order valence-corrected chi connectivity index (χ0v) is 25.5. The number of nitrogens with one attached hydrogen (secondary N) is 1. The van der Waals surface area contributed by atoms with Crippen LogP contribution < -0.4 is 14.5 Å². The number of nitrogens with zero attached hydrogens (tertiary/aromatic N) is 7. The Hall–Kier alpha value is -3.02. The number of anilines is 2. The summed E-state index contributed by atoms with van der Waals surface area (Å²) in [5.41, 5.74) is 2.91. The molecule has 2 aliphatic rings. The normalized spacial score (nSPS) is 18.3. The summed E-state index contributed by atoms with van der Waals surface area (Å²) < 4.78 is 18.1. The molecule has 0 aliphatic carbocycles. The van der Waals surface area contributed by atoms with Gasteiger partial charge in [-0.05, 0) is 72.6 Å². The van der Waals surface area contributed by atoms with Crippen molar-refractivity contribution in [1.29, 1.82) is 0 Å². The molecule has 3 aromatic heterocycles. The molecule has 0 fully saturated rings. The summed E-state index contributed by atoms with van der Waals surface area (Å²) in [5.74, 6) is 2.87. The number of rotatable bonds is 8. The van der Waals surface area contributed by atoms with Crippen LogP contribution in [-0.2, 0) is 24.3 Å². The third-order valence-corrected chi connectivity index (χ3v) is 9.46. The number of fused-ring (bicyclic) bond motifs is 2. The molecule has 3 aromatic rings. The van der Waals surface area contributed by atoms with Gasteiger partial charge in [-0.15, -0.1) is 14.9 Å². The summed E-state index contributed by atoms with van der Waals surface area (Å²) in [6.07, 6.45) is 2.62. The number of aromatic nitrogens is 5. The van der Waals surface area contributed by atoms with Gasteiger partial charge >= 0.3 is 0 Å². The second kappa shape index (κ2) is 10.8. The van der Waals surface area contributed by atoms with Crippen LogP contribution >= 0.6 is 0 Å². The van der Waals surface area contributed by atoms with Gasteiger partial charge in [-0.2, -0.15) is 0 Å². The first kappa shape index (κ1) is 28.5. The first-order valence-electron chi connectivity index (χ1n) is 14.1. The molecular weight excluding hydrogens is 524 g/mol. The Kier molecular flexibility index (Phi) is 7.66. The lowest BCUT2D eigenvalue weighted by Gasteiger charge is -2.29. The molecule has 3 atom stereocenters. The third-order valence-electron chi connectivity index (χ3n) is 7.85. The van der Waals surface area contributed by atoms with Crippen molar-refractivity contribution in [2.45, 2.75) is 97.1 Å². The lowest BCUT2D eigenvalue weighted by atomic mass is 10.0. The molecule has 1 N–H and O–H groups in total. The highest BCUT2D eigenvalue weighted by Gasteiger charge is 2.37. The number of aryl methyl sites for hydroxylation is 1. The first-order chi connectivity index (χ1) is 18.9. The number of carbonyl (C=O) groups excluding carboxylic acids is 1. The van der Waals surface area contributed by atoms with E-state index >= 15 is 0 Å². The number of carbonyl (C=O) groups is 1. The van der Waals surface area contributed by atoms with Crippen LogP contribution in [0.25, 0.3) is 11.5 Å². The fourth-order valence-corrected chi connectivity index (χ4v) is 6.05. The molecule has 10 nitrogen and oxygen atoms in total. The van der Waals surface area contributed by atoms with E-state index in [1.165, 1.54) is 0 Å². The molecule has 2 aliphatic heterocycles. The minimum atomic E-state index is -1.30. The first-order valence-corrected chi connectivity index (χ1v) is 15.2. The van der Waals surface area contributed by atoms with E-state index in [1.807, 2.05) is 59.0 Å². The van der Waals surface area contributed by atoms with Crippen LogP contribution in [0.5, 0.6) is 0 Å². The lowest BCUT2D eigenvalue weighted by Crippen LogP contribution is -2.41. The monoisotopic (exact) mass is 564 g/mol. The summed E-state index contributed by atoms with van der Waals surface area (Å²) in [7, 11) is 1.98. The minimum absolute atomic E-state index is 0.117. The Morgan fingerprint density at radius 1 is 1.23 bits per heavy atom. The Bertz CT molecular complexity index is 1420. The summed E-state index contributed by atoms with van der Waals surface area (Å²) in [4.78, 5) is 27.6. The average molecular weight is 565 g/mol. The topological polar surface area (TPSA) is 115 Å². The fraction of sp³-hybridized carbons (Fsp3) is 0.552. The Morgan fingerprint density at radius 3 is 2.65 bits per heavy atom. The smallest absolute Gasteiger partial charge is 0.260 e. The second-order valence-electron chi connectivity index (χ2n) is 12.0. The maximum absolute atomic E-state index is 13.9. The van der Waals surface area contributed by atoms with E-state index in [2.05, 4.69) is 45.2 Å². The molecular formula is C29H40N8O2S. The highest BCUT2D eigenvalue weighted by Crippen LogP contribution is 2.37. The van der Waals surface area contributed by atoms with Gasteiger partial charge in [-0.1, -0.05) is 13.0 Å². The van der Waals surface area contributed by atoms with E-state index in [9.17, 15) is 9.35 Å². The molecule has 1 unspecified atom stereocenters. The van der Waals surface area contributed by atoms with Crippen LogP contribution in [0.15, 0.2) is 24.3 Å². The molecule has 5 rings (SSSR count). The molecule has 0 spiro atoms. The van der Waals surface area contributed by atoms with Crippen LogP contribution in [0.2, 0.25) is 0 Å². The van der Waals surface area contributed by atoms with Gasteiger partial charge in [0.1, 0.15) is 27.9 Å². The van der Waals surface area contributed by atoms with Gasteiger partial charge in [0.15, 0.2) is 5.82 Å². The molecule has 5 heterocycles. The predicted octanol–water partition coefficient (Wildman–Crippen LogP) is 4.75. The molecule has 11 heteroatoms. The number of pyridine rings is 2. The van der Waals surface area contributed by atoms with Crippen molar-refractivity contribution in [3.63, 3.8) is 0 Å². The summed E-state index contributed by atoms with van der Waals surface area (Å²) in [6, 6.07) is 7.79. The van der Waals surface area contributed by atoms with Gasteiger partial charge in [0.05, 0.1) is 23.8 Å². The van der Waals surface area contributed by atoms with Crippen molar-refractivity contribution < 1.29 is 9.35 Å². The lowest BCUT2D eigenvalue weighted by molar-refractivity contribution is 0.0996. The highest BCUT2D eigenvalue weighted by atomic mass is 32.2. The molecule has 0 aromatic carbocycles. The van der Waals surface area contributed by atoms with Crippen LogP contribution in [-0.4, -0.2) is 53.0 Å². The number of hydrogen-bond acceptors (Lipinski definition) is 8. The van der Waals surface area contributed by atoms with Gasteiger partial charge in [-0.3, -0.25) is 9.69 Å². The molecule has 0 saturated heterocycles. The number of hydrogen-bond donors (Lipinski definition) is 1. The molecule has 0 radical (unpaired) electrons. The van der Waals surface area contributed by atoms with Crippen molar-refractivity contribution in [1.82, 2.24) is 29.5 Å². The Labute approximate surface area is 239 Å². The van der Waals surface area contributed by atoms with Crippen LogP contribution in [0, 0.1) is 0 Å². The minimum Gasteiger partial charge on any atom is -0.598 e. The van der Waals surface area contributed by atoms with E-state index in [4.69, 9.17) is 9.97 Å². The molecule has 214 valence electrons. The Morgan fingerprint density at radius 2 is 1.98 bits per heavy atom. The molecule has 0 saturated carbocycles. The van der Waals surface area contributed by atoms with Crippen molar-refractivity contribution in [3.05, 3.63) is 46.9 Å². The maximum Gasteiger partial charge on any atom is 0.260 e. The summed E-state index contributed by atoms with van der Waals surface area (Å²) in [5, 5.41) is 8.79. The molecule has 0 bridgehead atoms. The van der Waals surface area contributed by atoms with Crippen molar-refractivity contribution in [2.24, 2.45) is 0 Å². The largest absolute Gasteiger partial charge is 0.598 e. The van der Waals surface area contributed by atoms with Crippen LogP contribution in [0.4, 0.5) is 11.6 Å². The van der Waals surface area contributed by atoms with E-state index < -0.39 is 16.1 Å². The average Bonchev–Trinajstić information content (AvgIpc) is 3.60. The summed E-state index contributed by atoms with van der Waals surface area (Å²) >= 11 is -1.30. The Balaban J connectivity index is 1.54. The standard InChI is InChI=1S/C29H40N8O2S/c1-9-21(34-40(39)29(5,6)7)26-20-16-36(28(38)19(20)15-25(31-26)35(8)17(2)3)23-12-10-11-22(30-23)27-33-32-24-14-13-18(4)37(24)27/h10-12,15,17-18,21,34H,9,13-14,16H2,1-8H3/t18-,21+,40?/m0/s1. The summed E-state index contributed by atoms with van der Waals surface area (Å²) in [6.45, 7) is 14.6. The van der Waals surface area contributed by atoms with E-state index in [0.29, 0.717) is 36.1 Å². The molecule has 40 heavy (non-hydrogen) atoms. The fourth-order valence-electron chi connectivity index (χ4n) is 5.16. The van der Waals surface area contributed by atoms with Gasteiger partial charge in [0.25, 0.3) is 5.91 Å². The van der Waals surface area contributed by atoms with Gasteiger partial charge in [0, 0.05) is 42.5 Å². The zero-order valence-electron chi connectivity index (χ0n) is 24.7. The van der Waals surface area contributed by atoms with Crippen molar-refractivity contribution in [3.8, 4) is 11.5 Å². The second-order valence-corrected chi connectivity index (χ2v) is 14.0. The quantitative estimate of drug-likeness (QED) is 0.390. The zero-order chi connectivity index (χ0) is 28.9. The van der Waals surface area contributed by atoms with Crippen molar-refractivity contribution >= 4 is 28.9 Å². The van der Waals surface area contributed by atoms with Gasteiger partial charge < -0.3 is 14.0 Å². The maximum atomic E-state index is 13.9. The highest BCUT2D eigenvalue weighted by molar-refractivity contribution is 7.90. The van der Waals surface area contributed by atoms with Crippen molar-refractivity contribution in [2.75, 3.05) is 16.8 Å². The van der Waals surface area contributed by atoms with E-state index in [-0.39, 0.29) is 18.0 Å². The SMILES string of the molecule is CC[C@@H](N[S+]([O-])C(C)(C)C)c1nc(N(C)C(C)C)cc2c1CN(c1cccc(-c3nnc4n3[C@@H](C)CC4)n1)C2=O. The van der Waals surface area contributed by atoms with E-state index in [0.717, 1.165) is 41.6 Å². The van der Waals surface area contributed by atoms with Crippen LogP contribution in [0.1, 0.15) is 101 Å². The third kappa shape index (κ3) is 5.10. The van der Waals surface area contributed by atoms with E-state index in [1.54, 1.807) is 4.90 Å². The predicted molar refractivity (Wildman–Crippen MR) is 159 cm³/mol. The van der Waals surface area contributed by atoms with Gasteiger partial charge in [-0.25, -0.2) is 9.97 Å². The van der Waals surface area contributed by atoms with Crippen LogP contribution in [0.3, 0.4) is 0 Å². The number of amides is 1. The van der Waals surface area contributed by atoms with Gasteiger partial charge in [0.2, 0.25) is 0 Å². The molecule has 1 amide bonds.